The maximum Gasteiger partial charge on any atom is 0.307 e. The number of hydrogen-bond donors (Lipinski definition) is 1. The summed E-state index contributed by atoms with van der Waals surface area (Å²) in [4.78, 5) is 20.4. The molecule has 4 nitrogen and oxygen atoms in total. The monoisotopic (exact) mass is 990 g/mol. The average molecular weight is 991 g/mol. The van der Waals surface area contributed by atoms with Gasteiger partial charge in [-0.25, -0.2) is 0 Å². The molecule has 0 aliphatic heterocycles. The van der Waals surface area contributed by atoms with Gasteiger partial charge in [-0.05, 0) is 159 Å². The van der Waals surface area contributed by atoms with E-state index in [1.807, 2.05) is 19.1 Å². The first kappa shape index (κ1) is 64.7. The lowest BCUT2D eigenvalue weighted by molar-refractivity contribution is -0.136. The molecule has 0 atom stereocenters. The van der Waals surface area contributed by atoms with Crippen LogP contribution in [0.15, 0.2) is 118 Å². The predicted octanol–water partition coefficient (Wildman–Crippen LogP) is 17.7. The van der Waals surface area contributed by atoms with Crippen molar-refractivity contribution < 1.29 is 19.4 Å². The number of carbonyl (C=O) groups is 2. The second-order valence-corrected chi connectivity index (χ2v) is 14.2. The highest BCUT2D eigenvalue weighted by Crippen LogP contribution is 2.13. The number of halogens is 2. The predicted molar refractivity (Wildman–Crippen MR) is 268 cm³/mol. The third kappa shape index (κ3) is 61.2. The molecule has 0 bridgehead atoms. The summed E-state index contributed by atoms with van der Waals surface area (Å²) < 4.78 is 4.63. The number of rotatable bonds is 24. The molecular formula is C49H84I2O4. The maximum absolute atomic E-state index is 10.4. The molecule has 0 heterocycles. The van der Waals surface area contributed by atoms with E-state index in [0.717, 1.165) is 81.8 Å². The highest BCUT2D eigenvalue weighted by Gasteiger charge is 1.96. The average Bonchev–Trinajstić information content (AvgIpc) is 3.08. The van der Waals surface area contributed by atoms with E-state index in [4.69, 9.17) is 5.11 Å². The van der Waals surface area contributed by atoms with Crippen LogP contribution in [0.4, 0.5) is 0 Å². The first-order valence-corrected chi connectivity index (χ1v) is 25.2. The Bertz CT molecular complexity index is 1240. The number of ether oxygens (including phenoxy) is 1. The van der Waals surface area contributed by atoms with Crippen molar-refractivity contribution >= 4 is 49.7 Å². The van der Waals surface area contributed by atoms with Gasteiger partial charge in [0.2, 0.25) is 0 Å². The molecule has 0 saturated heterocycles. The molecule has 0 aliphatic rings. The standard InChI is InChI=1S/2C16H26O2.C15H24.2CH4.I2/c1-14(2)7-5-8-15(3)9-6-10-16(4)11-12-18-13-17;1-13(2)7-5-8-14(3)9-6-10-15(4)11-12-16(17)18;1-6-14(4)10-8-12-15(5)11-7-9-13(2)3;;;1-2/h7,9,11,13H,5-6,8,10,12H2,1-4H3;7,9,11H,5-6,8,10,12H2,1-4H3,(H,17,18);6,9,12H,1,4,7-8,10-11H2,2-3,5H3;2*1H4;/b15-9+,16-11-;14-9+,15-11+;15-12+;;;. The van der Waals surface area contributed by atoms with Crippen molar-refractivity contribution in [2.75, 3.05) is 6.61 Å². The number of allylic oxidation sites excluding steroid dienone is 16. The Hall–Kier alpha value is -2.20. The Morgan fingerprint density at radius 1 is 0.527 bits per heavy atom. The number of carboxylic acid groups (broad SMARTS) is 1. The van der Waals surface area contributed by atoms with E-state index in [1.165, 1.54) is 45.4 Å². The van der Waals surface area contributed by atoms with E-state index in [0.29, 0.717) is 13.1 Å². The van der Waals surface area contributed by atoms with Crippen molar-refractivity contribution in [1.82, 2.24) is 0 Å². The Morgan fingerprint density at radius 3 is 1.11 bits per heavy atom. The van der Waals surface area contributed by atoms with Crippen molar-refractivity contribution in [3.8, 4) is 0 Å². The molecular weight excluding hydrogens is 906 g/mol. The maximum atomic E-state index is 10.4. The lowest BCUT2D eigenvalue weighted by Crippen LogP contribution is -1.91. The van der Waals surface area contributed by atoms with E-state index < -0.39 is 5.97 Å². The van der Waals surface area contributed by atoms with E-state index in [1.54, 1.807) is 6.08 Å². The molecule has 1 N–H and O–H groups in total. The van der Waals surface area contributed by atoms with Gasteiger partial charge >= 0.3 is 5.97 Å². The molecule has 0 amide bonds. The largest absolute Gasteiger partial charge is 0.481 e. The molecule has 0 aromatic carbocycles. The van der Waals surface area contributed by atoms with Gasteiger partial charge in [-0.1, -0.05) is 127 Å². The molecule has 318 valence electrons. The van der Waals surface area contributed by atoms with Crippen LogP contribution in [0.1, 0.15) is 174 Å². The van der Waals surface area contributed by atoms with Crippen LogP contribution < -0.4 is 0 Å². The molecule has 0 rings (SSSR count). The highest BCUT2D eigenvalue weighted by molar-refractivity contribution is 15.0. The molecule has 0 aliphatic carbocycles. The summed E-state index contributed by atoms with van der Waals surface area (Å²) in [5, 5.41) is 8.56. The van der Waals surface area contributed by atoms with Crippen LogP contribution in [0.25, 0.3) is 0 Å². The minimum absolute atomic E-state index is 0. The van der Waals surface area contributed by atoms with Crippen LogP contribution in [0.5, 0.6) is 0 Å². The highest BCUT2D eigenvalue weighted by atomic mass is 128. The first-order chi connectivity index (χ1) is 25.0. The van der Waals surface area contributed by atoms with E-state index in [9.17, 15) is 9.59 Å². The molecule has 55 heavy (non-hydrogen) atoms. The number of aliphatic carboxylic acids is 1. The quantitative estimate of drug-likeness (QED) is 0.0344. The second-order valence-electron chi connectivity index (χ2n) is 14.2. The summed E-state index contributed by atoms with van der Waals surface area (Å²) >= 11 is 4.24. The lowest BCUT2D eigenvalue weighted by atomic mass is 10.1. The summed E-state index contributed by atoms with van der Waals surface area (Å²) in [5.41, 5.74) is 12.1. The van der Waals surface area contributed by atoms with Gasteiger partial charge in [-0.3, -0.25) is 9.59 Å². The third-order valence-electron chi connectivity index (χ3n) is 7.80. The van der Waals surface area contributed by atoms with Crippen molar-refractivity contribution in [1.29, 1.82) is 0 Å². The fourth-order valence-electron chi connectivity index (χ4n) is 4.47. The molecule has 0 unspecified atom stereocenters. The number of carboxylic acids is 1. The van der Waals surface area contributed by atoms with Crippen LogP contribution in [-0.4, -0.2) is 24.2 Å². The van der Waals surface area contributed by atoms with Crippen molar-refractivity contribution in [2.24, 2.45) is 0 Å². The van der Waals surface area contributed by atoms with Gasteiger partial charge in [-0.2, -0.15) is 0 Å². The molecule has 0 aromatic heterocycles. The summed E-state index contributed by atoms with van der Waals surface area (Å²) in [5.74, 6) is -0.761. The normalized spacial score (nSPS) is 11.2. The number of carbonyl (C=O) groups excluding carboxylic acids is 1. The smallest absolute Gasteiger partial charge is 0.307 e. The van der Waals surface area contributed by atoms with Crippen molar-refractivity contribution in [2.45, 2.75) is 174 Å². The summed E-state index contributed by atoms with van der Waals surface area (Å²) in [6, 6.07) is 0. The number of hydrogen-bond acceptors (Lipinski definition) is 3. The van der Waals surface area contributed by atoms with Crippen LogP contribution in [0, 0.1) is 0 Å². The molecule has 6 heteroatoms. The molecule has 0 aromatic rings. The third-order valence-corrected chi connectivity index (χ3v) is 7.80. The van der Waals surface area contributed by atoms with Gasteiger partial charge in [0.1, 0.15) is 6.61 Å². The Labute approximate surface area is 365 Å². The van der Waals surface area contributed by atoms with Crippen molar-refractivity contribution in [3.05, 3.63) is 118 Å². The zero-order valence-corrected chi connectivity index (χ0v) is 39.8. The Kier molecular flexibility index (Phi) is 56.4. The van der Waals surface area contributed by atoms with E-state index >= 15 is 0 Å². The van der Waals surface area contributed by atoms with Gasteiger partial charge in [0.25, 0.3) is 6.47 Å². The van der Waals surface area contributed by atoms with Crippen molar-refractivity contribution in [3.63, 3.8) is 0 Å². The van der Waals surface area contributed by atoms with Gasteiger partial charge < -0.3 is 9.84 Å². The minimum Gasteiger partial charge on any atom is -0.481 e. The molecule has 0 radical (unpaired) electrons. The van der Waals surface area contributed by atoms with E-state index in [-0.39, 0.29) is 21.3 Å². The van der Waals surface area contributed by atoms with Crippen LogP contribution in [-0.2, 0) is 14.3 Å². The van der Waals surface area contributed by atoms with Gasteiger partial charge in [0.05, 0.1) is 6.42 Å². The fraction of sp³-hybridized carbons (Fsp3) is 0.551. The lowest BCUT2D eigenvalue weighted by Gasteiger charge is -2.01. The van der Waals surface area contributed by atoms with Crippen LogP contribution >= 0.6 is 37.2 Å². The minimum atomic E-state index is -0.761. The van der Waals surface area contributed by atoms with Crippen LogP contribution in [0.2, 0.25) is 0 Å². The topological polar surface area (TPSA) is 63.6 Å². The summed E-state index contributed by atoms with van der Waals surface area (Å²) in [6.07, 6.45) is 32.4. The Morgan fingerprint density at radius 2 is 0.818 bits per heavy atom. The van der Waals surface area contributed by atoms with E-state index in [2.05, 4.69) is 161 Å². The zero-order valence-electron chi connectivity index (χ0n) is 35.5. The molecule has 0 saturated carbocycles. The van der Waals surface area contributed by atoms with Crippen LogP contribution in [0.3, 0.4) is 0 Å². The first-order valence-electron chi connectivity index (χ1n) is 18.9. The summed E-state index contributed by atoms with van der Waals surface area (Å²) in [6.45, 7) is 31.9. The van der Waals surface area contributed by atoms with Gasteiger partial charge in [0, 0.05) is 37.2 Å². The fourth-order valence-corrected chi connectivity index (χ4v) is 4.47. The second kappa shape index (κ2) is 48.0. The summed E-state index contributed by atoms with van der Waals surface area (Å²) in [7, 11) is 0. The molecule has 0 fully saturated rings. The Balaban J connectivity index is -0.000000158. The SMILES string of the molecule is C.C.C=CC(=C)CC/C=C(\C)CCC=C(C)C.CC(C)=CCC/C(C)=C/CC/C(C)=C/CC(=O)O.CC(C)=CCC/C(C)=C/CC/C(C)=C\COC=O.II. The van der Waals surface area contributed by atoms with Gasteiger partial charge in [-0.15, -0.1) is 0 Å². The van der Waals surface area contributed by atoms with Gasteiger partial charge in [0.15, 0.2) is 0 Å². The zero-order chi connectivity index (χ0) is 41.5. The molecule has 0 spiro atoms.